The topological polar surface area (TPSA) is 8.17 Å². The molecule has 0 saturated heterocycles. The quantitative estimate of drug-likeness (QED) is 0.195. The molecule has 1 spiro atoms. The number of benzene rings is 7. The fourth-order valence-corrected chi connectivity index (χ4v) is 8.57. The van der Waals surface area contributed by atoms with Crippen molar-refractivity contribution >= 4 is 38.9 Å². The van der Waals surface area contributed by atoms with Crippen LogP contribution in [0.4, 0.5) is 17.1 Å². The Morgan fingerprint density at radius 1 is 0.426 bits per heavy atom. The van der Waals surface area contributed by atoms with Crippen molar-refractivity contribution < 1.29 is 0 Å². The molecule has 0 unspecified atom stereocenters. The zero-order valence-electron chi connectivity index (χ0n) is 26.0. The van der Waals surface area contributed by atoms with Crippen LogP contribution in [0.15, 0.2) is 170 Å². The van der Waals surface area contributed by atoms with Crippen molar-refractivity contribution in [2.24, 2.45) is 0 Å². The first-order valence-corrected chi connectivity index (χ1v) is 16.5. The summed E-state index contributed by atoms with van der Waals surface area (Å²) in [7, 11) is 0. The van der Waals surface area contributed by atoms with E-state index in [0.29, 0.717) is 0 Å². The Morgan fingerprint density at radius 3 is 1.83 bits per heavy atom. The van der Waals surface area contributed by atoms with Crippen molar-refractivity contribution in [3.63, 3.8) is 0 Å². The van der Waals surface area contributed by atoms with E-state index in [2.05, 4.69) is 179 Å². The summed E-state index contributed by atoms with van der Waals surface area (Å²) in [6, 6.07) is 62.5. The highest BCUT2D eigenvalue weighted by molar-refractivity contribution is 6.10. The van der Waals surface area contributed by atoms with Gasteiger partial charge in [-0.15, -0.1) is 0 Å². The number of fused-ring (bicyclic) bond motifs is 9. The van der Waals surface area contributed by atoms with Gasteiger partial charge in [0.05, 0.1) is 11.0 Å². The summed E-state index contributed by atoms with van der Waals surface area (Å²) in [6.07, 6.45) is 2.10. The molecule has 7 aromatic carbocycles. The maximum Gasteiger partial charge on any atom is 0.0561 e. The molecule has 0 amide bonds. The van der Waals surface area contributed by atoms with Crippen LogP contribution in [0.5, 0.6) is 0 Å². The van der Waals surface area contributed by atoms with Gasteiger partial charge in [-0.1, -0.05) is 115 Å². The second kappa shape index (κ2) is 10.1. The van der Waals surface area contributed by atoms with E-state index in [1.807, 2.05) is 0 Å². The summed E-state index contributed by atoms with van der Waals surface area (Å²) in [4.78, 5) is 2.42. The summed E-state index contributed by atoms with van der Waals surface area (Å²) in [5.74, 6) is 0. The molecule has 47 heavy (non-hydrogen) atoms. The zero-order chi connectivity index (χ0) is 31.0. The number of nitrogens with zero attached hydrogens (tertiary/aromatic N) is 2. The summed E-state index contributed by atoms with van der Waals surface area (Å²) >= 11 is 0. The maximum atomic E-state index is 2.44. The van der Waals surface area contributed by atoms with E-state index in [1.165, 1.54) is 66.6 Å². The van der Waals surface area contributed by atoms with Gasteiger partial charge in [-0.3, -0.25) is 0 Å². The molecular weight excluding hydrogens is 569 g/mol. The molecule has 2 heteroatoms. The molecule has 2 nitrogen and oxygen atoms in total. The lowest BCUT2D eigenvalue weighted by Gasteiger charge is -2.29. The van der Waals surface area contributed by atoms with Crippen molar-refractivity contribution in [3.05, 3.63) is 192 Å². The Kier molecular flexibility index (Phi) is 5.65. The Hall–Kier alpha value is -5.86. The third-order valence-electron chi connectivity index (χ3n) is 10.6. The molecule has 1 aromatic heterocycles. The summed E-state index contributed by atoms with van der Waals surface area (Å²) < 4.78 is 2.40. The first-order chi connectivity index (χ1) is 23.3. The van der Waals surface area contributed by atoms with Gasteiger partial charge in [0.1, 0.15) is 0 Å². The molecule has 0 N–H and O–H groups in total. The van der Waals surface area contributed by atoms with Crippen molar-refractivity contribution in [2.75, 3.05) is 4.90 Å². The smallest absolute Gasteiger partial charge is 0.0561 e. The second-order valence-corrected chi connectivity index (χ2v) is 13.0. The zero-order valence-corrected chi connectivity index (χ0v) is 26.0. The Bertz CT molecular complexity index is 2450. The third kappa shape index (κ3) is 3.85. The lowest BCUT2D eigenvalue weighted by Crippen LogP contribution is -2.25. The van der Waals surface area contributed by atoms with E-state index in [0.717, 1.165) is 24.2 Å². The van der Waals surface area contributed by atoms with Gasteiger partial charge in [-0.25, -0.2) is 0 Å². The fourth-order valence-electron chi connectivity index (χ4n) is 8.57. The van der Waals surface area contributed by atoms with Crippen molar-refractivity contribution in [3.8, 4) is 16.8 Å². The normalized spacial score (nSPS) is 14.0. The van der Waals surface area contributed by atoms with Crippen LogP contribution in [0.3, 0.4) is 0 Å². The molecule has 0 radical (unpaired) electrons. The summed E-state index contributed by atoms with van der Waals surface area (Å²) in [5.41, 5.74) is 15.6. The molecule has 0 aliphatic heterocycles. The van der Waals surface area contributed by atoms with Crippen LogP contribution in [-0.4, -0.2) is 4.57 Å². The summed E-state index contributed by atoms with van der Waals surface area (Å²) in [5, 5.41) is 2.52. The van der Waals surface area contributed by atoms with Crippen LogP contribution in [0, 0.1) is 0 Å². The molecule has 222 valence electrons. The maximum absolute atomic E-state index is 2.44. The van der Waals surface area contributed by atoms with Crippen LogP contribution < -0.4 is 4.90 Å². The summed E-state index contributed by atoms with van der Waals surface area (Å²) in [6.45, 7) is 0. The number of rotatable bonds is 4. The predicted octanol–water partition coefficient (Wildman–Crippen LogP) is 11.3. The number of hydrogen-bond acceptors (Lipinski definition) is 1. The van der Waals surface area contributed by atoms with E-state index in [9.17, 15) is 0 Å². The minimum atomic E-state index is -0.0126. The first kappa shape index (κ1) is 26.4. The van der Waals surface area contributed by atoms with Gasteiger partial charge in [0, 0.05) is 38.9 Å². The van der Waals surface area contributed by atoms with Crippen LogP contribution in [0.1, 0.15) is 22.3 Å². The lowest BCUT2D eigenvalue weighted by molar-refractivity contribution is 0.563. The van der Waals surface area contributed by atoms with Crippen LogP contribution in [0.25, 0.3) is 38.6 Å². The third-order valence-corrected chi connectivity index (χ3v) is 10.6. The Balaban J connectivity index is 1.18. The number of anilines is 3. The highest BCUT2D eigenvalue weighted by Gasteiger charge is 2.47. The minimum Gasteiger partial charge on any atom is -0.310 e. The van der Waals surface area contributed by atoms with Gasteiger partial charge in [0.15, 0.2) is 0 Å². The SMILES string of the molecule is c1ccc(N(c2ccc3c(c2)-c2ccccc2C32Cc3ccccc3C2)c2ccc3c4ccccc4n(-c4ccccc4)c3c2)cc1. The second-order valence-electron chi connectivity index (χ2n) is 13.0. The van der Waals surface area contributed by atoms with E-state index in [-0.39, 0.29) is 5.41 Å². The van der Waals surface area contributed by atoms with Crippen LogP contribution >= 0.6 is 0 Å². The fraction of sp³-hybridized carbons (Fsp3) is 0.0667. The molecule has 10 rings (SSSR count). The highest BCUT2D eigenvalue weighted by atomic mass is 15.1. The molecule has 2 aliphatic rings. The van der Waals surface area contributed by atoms with Crippen LogP contribution in [0.2, 0.25) is 0 Å². The minimum absolute atomic E-state index is 0.0126. The molecular formula is C45H32N2. The number of hydrogen-bond donors (Lipinski definition) is 0. The monoisotopic (exact) mass is 600 g/mol. The molecule has 1 heterocycles. The van der Waals surface area contributed by atoms with Crippen molar-refractivity contribution in [2.45, 2.75) is 18.3 Å². The van der Waals surface area contributed by atoms with Gasteiger partial charge in [0.25, 0.3) is 0 Å². The molecule has 2 aliphatic carbocycles. The average Bonchev–Trinajstić information content (AvgIpc) is 3.77. The Labute approximate surface area is 274 Å². The molecule has 0 fully saturated rings. The molecule has 0 bridgehead atoms. The number of para-hydroxylation sites is 3. The standard InChI is InChI=1S/C45H32N2/c1-3-15-33(16-4-1)46(36-23-25-39-38-20-10-12-22-43(38)47(44(39)28-36)34-17-5-2-6-18-34)35-24-26-42-40(27-35)37-19-9-11-21-41(37)45(42)29-31-13-7-8-14-32(31)30-45/h1-28H,29-30H2. The predicted molar refractivity (Wildman–Crippen MR) is 196 cm³/mol. The first-order valence-electron chi connectivity index (χ1n) is 16.5. The average molecular weight is 601 g/mol. The van der Waals surface area contributed by atoms with Gasteiger partial charge in [-0.2, -0.15) is 0 Å². The van der Waals surface area contributed by atoms with Gasteiger partial charge >= 0.3 is 0 Å². The van der Waals surface area contributed by atoms with E-state index < -0.39 is 0 Å². The van der Waals surface area contributed by atoms with Crippen LogP contribution in [-0.2, 0) is 18.3 Å². The van der Waals surface area contributed by atoms with Crippen molar-refractivity contribution in [1.29, 1.82) is 0 Å². The van der Waals surface area contributed by atoms with Crippen molar-refractivity contribution in [1.82, 2.24) is 4.57 Å². The van der Waals surface area contributed by atoms with E-state index in [4.69, 9.17) is 0 Å². The highest BCUT2D eigenvalue weighted by Crippen LogP contribution is 2.56. The number of aromatic nitrogens is 1. The molecule has 8 aromatic rings. The van der Waals surface area contributed by atoms with Gasteiger partial charge in [0.2, 0.25) is 0 Å². The molecule has 0 saturated carbocycles. The van der Waals surface area contributed by atoms with E-state index >= 15 is 0 Å². The van der Waals surface area contributed by atoms with Gasteiger partial charge in [-0.05, 0) is 101 Å². The van der Waals surface area contributed by atoms with Gasteiger partial charge < -0.3 is 9.47 Å². The Morgan fingerprint density at radius 2 is 1.02 bits per heavy atom. The largest absolute Gasteiger partial charge is 0.310 e. The molecule has 0 atom stereocenters. The van der Waals surface area contributed by atoms with E-state index in [1.54, 1.807) is 0 Å². The lowest BCUT2D eigenvalue weighted by atomic mass is 9.75.